The number of amides is 1. The van der Waals surface area contributed by atoms with Gasteiger partial charge in [0.2, 0.25) is 5.91 Å². The summed E-state index contributed by atoms with van der Waals surface area (Å²) in [6.45, 7) is 1.78. The first-order chi connectivity index (χ1) is 13.3. The molecule has 2 aromatic rings. The van der Waals surface area contributed by atoms with Crippen molar-refractivity contribution < 1.29 is 27.5 Å². The van der Waals surface area contributed by atoms with E-state index in [4.69, 9.17) is 4.74 Å². The van der Waals surface area contributed by atoms with Crippen molar-refractivity contribution in [3.8, 4) is 0 Å². The molecule has 1 amide bonds. The number of fused-ring (bicyclic) bond motifs is 1. The van der Waals surface area contributed by atoms with Gasteiger partial charge in [0.05, 0.1) is 12.2 Å². The minimum Gasteiger partial charge on any atom is -0.462 e. The zero-order valence-corrected chi connectivity index (χ0v) is 16.1. The van der Waals surface area contributed by atoms with Gasteiger partial charge in [0, 0.05) is 11.1 Å². The minimum absolute atomic E-state index is 0.282. The number of carbonyl (C=O) groups excluding carboxylic acids is 2. The number of aryl methyl sites for hydroxylation is 1. The number of ether oxygens (including phenoxy) is 1. The number of halogens is 3. The number of carbonyl (C=O) groups is 2. The second-order valence-corrected chi connectivity index (χ2v) is 7.60. The third-order valence-corrected chi connectivity index (χ3v) is 5.51. The number of nitrogens with zero attached hydrogens (tertiary/aromatic N) is 2. The van der Waals surface area contributed by atoms with Crippen LogP contribution in [-0.2, 0) is 35.1 Å². The zero-order valence-electron chi connectivity index (χ0n) is 15.3. The summed E-state index contributed by atoms with van der Waals surface area (Å²) in [7, 11) is 0. The molecule has 28 heavy (non-hydrogen) atoms. The quantitative estimate of drug-likeness (QED) is 0.723. The van der Waals surface area contributed by atoms with Crippen LogP contribution in [0.25, 0.3) is 0 Å². The molecule has 0 saturated carbocycles. The molecular formula is C18H20F3N3O3S. The van der Waals surface area contributed by atoms with Crippen molar-refractivity contribution in [2.75, 3.05) is 11.9 Å². The van der Waals surface area contributed by atoms with E-state index < -0.39 is 23.7 Å². The molecule has 152 valence electrons. The van der Waals surface area contributed by atoms with Crippen molar-refractivity contribution in [2.45, 2.75) is 51.7 Å². The zero-order chi connectivity index (χ0) is 20.3. The highest BCUT2D eigenvalue weighted by Crippen LogP contribution is 2.38. The molecule has 0 fully saturated rings. The average molecular weight is 415 g/mol. The van der Waals surface area contributed by atoms with Gasteiger partial charge in [-0.2, -0.15) is 18.3 Å². The number of aromatic nitrogens is 2. The molecule has 2 aromatic heterocycles. The Labute approximate surface area is 163 Å². The molecule has 1 aliphatic carbocycles. The Bertz CT molecular complexity index is 873. The van der Waals surface area contributed by atoms with Gasteiger partial charge in [0.1, 0.15) is 11.5 Å². The lowest BCUT2D eigenvalue weighted by Gasteiger charge is -2.12. The minimum atomic E-state index is -4.56. The van der Waals surface area contributed by atoms with E-state index in [2.05, 4.69) is 10.4 Å². The van der Waals surface area contributed by atoms with Crippen molar-refractivity contribution in [2.24, 2.45) is 0 Å². The summed E-state index contributed by atoms with van der Waals surface area (Å²) in [6, 6.07) is 0.810. The van der Waals surface area contributed by atoms with Gasteiger partial charge in [-0.1, -0.05) is 6.92 Å². The number of nitrogens with one attached hydrogen (secondary N) is 1. The summed E-state index contributed by atoms with van der Waals surface area (Å²) in [5.41, 5.74) is 0.222. The van der Waals surface area contributed by atoms with Crippen LogP contribution in [0.1, 0.15) is 52.7 Å². The van der Waals surface area contributed by atoms with Gasteiger partial charge >= 0.3 is 12.1 Å². The largest absolute Gasteiger partial charge is 0.462 e. The van der Waals surface area contributed by atoms with Crippen molar-refractivity contribution in [1.82, 2.24) is 9.78 Å². The molecule has 0 bridgehead atoms. The number of anilines is 1. The molecule has 0 radical (unpaired) electrons. The fourth-order valence-electron chi connectivity index (χ4n) is 3.05. The fourth-order valence-corrected chi connectivity index (χ4v) is 4.34. The maximum Gasteiger partial charge on any atom is 0.435 e. The summed E-state index contributed by atoms with van der Waals surface area (Å²) >= 11 is 1.33. The van der Waals surface area contributed by atoms with Gasteiger partial charge in [0.15, 0.2) is 5.69 Å². The van der Waals surface area contributed by atoms with Gasteiger partial charge in [-0.3, -0.25) is 9.48 Å². The van der Waals surface area contributed by atoms with Crippen LogP contribution < -0.4 is 5.32 Å². The normalized spacial score (nSPS) is 13.9. The van der Waals surface area contributed by atoms with Gasteiger partial charge in [0.25, 0.3) is 0 Å². The number of hydrogen-bond acceptors (Lipinski definition) is 5. The Morgan fingerprint density at radius 3 is 2.75 bits per heavy atom. The molecule has 0 unspecified atom stereocenters. The topological polar surface area (TPSA) is 73.2 Å². The lowest BCUT2D eigenvalue weighted by molar-refractivity contribution is -0.141. The Morgan fingerprint density at radius 2 is 2.07 bits per heavy atom. The van der Waals surface area contributed by atoms with Crippen LogP contribution in [0.15, 0.2) is 12.3 Å². The fraction of sp³-hybridized carbons (Fsp3) is 0.500. The van der Waals surface area contributed by atoms with Gasteiger partial charge < -0.3 is 10.1 Å². The van der Waals surface area contributed by atoms with Crippen LogP contribution in [0.3, 0.4) is 0 Å². The first-order valence-corrected chi connectivity index (χ1v) is 9.83. The summed E-state index contributed by atoms with van der Waals surface area (Å²) in [5, 5.41) is 6.42. The third kappa shape index (κ3) is 4.54. The molecule has 6 nitrogen and oxygen atoms in total. The molecular weight excluding hydrogens is 395 g/mol. The van der Waals surface area contributed by atoms with Crippen LogP contribution in [0.2, 0.25) is 0 Å². The summed E-state index contributed by atoms with van der Waals surface area (Å²) in [5.74, 6) is -1.03. The second kappa shape index (κ2) is 8.34. The smallest absolute Gasteiger partial charge is 0.435 e. The van der Waals surface area contributed by atoms with E-state index in [0.717, 1.165) is 53.1 Å². The van der Waals surface area contributed by atoms with Gasteiger partial charge in [-0.15, -0.1) is 11.3 Å². The van der Waals surface area contributed by atoms with E-state index in [1.165, 1.54) is 11.3 Å². The predicted molar refractivity (Wildman–Crippen MR) is 97.4 cm³/mol. The highest BCUT2D eigenvalue weighted by Gasteiger charge is 2.33. The maximum absolute atomic E-state index is 12.6. The van der Waals surface area contributed by atoms with E-state index >= 15 is 0 Å². The van der Waals surface area contributed by atoms with Crippen LogP contribution in [0.5, 0.6) is 0 Å². The molecule has 0 saturated heterocycles. The van der Waals surface area contributed by atoms with Crippen LogP contribution in [-0.4, -0.2) is 28.3 Å². The predicted octanol–water partition coefficient (Wildman–Crippen LogP) is 4.05. The highest BCUT2D eigenvalue weighted by molar-refractivity contribution is 7.17. The highest BCUT2D eigenvalue weighted by atomic mass is 32.1. The van der Waals surface area contributed by atoms with Crippen LogP contribution in [0, 0.1) is 0 Å². The SMILES string of the molecule is CCCOC(=O)c1c(NC(=O)Cn2ccc(C(F)(F)F)n2)sc2c1CCCC2. The van der Waals surface area contributed by atoms with Crippen molar-refractivity contribution in [3.05, 3.63) is 34.0 Å². The van der Waals surface area contributed by atoms with Crippen LogP contribution in [0.4, 0.5) is 18.2 Å². The lowest BCUT2D eigenvalue weighted by atomic mass is 9.95. The molecule has 1 N–H and O–H groups in total. The van der Waals surface area contributed by atoms with E-state index in [1.54, 1.807) is 0 Å². The molecule has 0 atom stereocenters. The summed E-state index contributed by atoms with van der Waals surface area (Å²) in [4.78, 5) is 25.9. The molecule has 1 aliphatic rings. The Morgan fingerprint density at radius 1 is 1.32 bits per heavy atom. The summed E-state index contributed by atoms with van der Waals surface area (Å²) < 4.78 is 44.1. The molecule has 0 aromatic carbocycles. The Kier molecular flexibility index (Phi) is 6.07. The van der Waals surface area contributed by atoms with Crippen LogP contribution >= 0.6 is 11.3 Å². The first kappa shape index (κ1) is 20.4. The summed E-state index contributed by atoms with van der Waals surface area (Å²) in [6.07, 6.45) is 0.754. The van der Waals surface area contributed by atoms with Crippen molar-refractivity contribution in [1.29, 1.82) is 0 Å². The monoisotopic (exact) mass is 415 g/mol. The van der Waals surface area contributed by atoms with E-state index in [1.807, 2.05) is 6.92 Å². The molecule has 2 heterocycles. The first-order valence-electron chi connectivity index (χ1n) is 9.01. The van der Waals surface area contributed by atoms with Gasteiger partial charge in [-0.25, -0.2) is 4.79 Å². The second-order valence-electron chi connectivity index (χ2n) is 6.50. The lowest BCUT2D eigenvalue weighted by Crippen LogP contribution is -2.21. The number of rotatable bonds is 6. The number of alkyl halides is 3. The number of hydrogen-bond donors (Lipinski definition) is 1. The molecule has 0 spiro atoms. The third-order valence-electron chi connectivity index (χ3n) is 4.30. The maximum atomic E-state index is 12.6. The Balaban J connectivity index is 1.77. The van der Waals surface area contributed by atoms with E-state index in [9.17, 15) is 22.8 Å². The molecule has 10 heteroatoms. The molecule has 3 rings (SSSR count). The van der Waals surface area contributed by atoms with E-state index in [-0.39, 0.29) is 13.2 Å². The van der Waals surface area contributed by atoms with Crippen molar-refractivity contribution in [3.63, 3.8) is 0 Å². The molecule has 0 aliphatic heterocycles. The number of thiophene rings is 1. The standard InChI is InChI=1S/C18H20F3N3O3S/c1-2-9-27-17(26)15-11-5-3-4-6-12(11)28-16(15)22-14(25)10-24-8-7-13(23-24)18(19,20)21/h7-8H,2-6,9-10H2,1H3,(H,22,25). The van der Waals surface area contributed by atoms with Gasteiger partial charge in [-0.05, 0) is 43.7 Å². The van der Waals surface area contributed by atoms with E-state index in [0.29, 0.717) is 17.0 Å². The number of esters is 1. The average Bonchev–Trinajstić information content (AvgIpc) is 3.23. The van der Waals surface area contributed by atoms with Crippen molar-refractivity contribution >= 4 is 28.2 Å². The Hall–Kier alpha value is -2.36.